The average molecular weight is 617 g/mol. The van der Waals surface area contributed by atoms with Gasteiger partial charge in [-0.15, -0.1) is 11.3 Å². The van der Waals surface area contributed by atoms with Gasteiger partial charge in [0, 0.05) is 56.4 Å². The van der Waals surface area contributed by atoms with E-state index >= 15 is 0 Å². The SMILES string of the molecule is CC(=O)OC[C@H]1O[C@@H](c2ccc(Cl)c(Cc3ccc(-c4cnccn4)s3)c2)[C@H](OC(C)=O)[C@@H](OC(C)=O)[C@@H]1OC(C)=O. The maximum Gasteiger partial charge on any atom is 0.303 e. The van der Waals surface area contributed by atoms with Gasteiger partial charge in [0.1, 0.15) is 18.8 Å². The van der Waals surface area contributed by atoms with Gasteiger partial charge in [-0.1, -0.05) is 23.7 Å². The molecule has 0 aliphatic carbocycles. The lowest BCUT2D eigenvalue weighted by Crippen LogP contribution is -2.59. The smallest absolute Gasteiger partial charge is 0.303 e. The third kappa shape index (κ3) is 7.90. The van der Waals surface area contributed by atoms with Crippen molar-refractivity contribution in [3.8, 4) is 10.6 Å². The maximum atomic E-state index is 12.2. The van der Waals surface area contributed by atoms with Gasteiger partial charge in [0.25, 0.3) is 0 Å². The standard InChI is InChI=1S/C29H29ClN2O9S/c1-15(33)37-14-24-27(38-16(2)34)29(40-18(4)36)28(39-17(3)35)26(41-24)19-5-7-22(30)20(11-19)12-21-6-8-25(42-21)23-13-31-9-10-32-23/h5-11,13,24,26-29H,12,14H2,1-4H3/t24-,26+,27-,28+,29+/m1/s1. The summed E-state index contributed by atoms with van der Waals surface area (Å²) in [7, 11) is 0. The Balaban J connectivity index is 1.71. The molecular formula is C29H29ClN2O9S. The second-order valence-corrected chi connectivity index (χ2v) is 11.1. The maximum absolute atomic E-state index is 12.2. The van der Waals surface area contributed by atoms with E-state index in [2.05, 4.69) is 9.97 Å². The summed E-state index contributed by atoms with van der Waals surface area (Å²) in [6.45, 7) is 4.46. The molecule has 1 aliphatic rings. The highest BCUT2D eigenvalue weighted by Crippen LogP contribution is 2.39. The minimum absolute atomic E-state index is 0.310. The zero-order chi connectivity index (χ0) is 30.4. The summed E-state index contributed by atoms with van der Waals surface area (Å²) in [5.41, 5.74) is 2.07. The highest BCUT2D eigenvalue weighted by molar-refractivity contribution is 7.15. The molecular weight excluding hydrogens is 588 g/mol. The number of nitrogens with zero attached hydrogens (tertiary/aromatic N) is 2. The van der Waals surface area contributed by atoms with Crippen molar-refractivity contribution in [2.45, 2.75) is 64.6 Å². The van der Waals surface area contributed by atoms with Crippen molar-refractivity contribution in [3.05, 3.63) is 69.9 Å². The average Bonchev–Trinajstić information content (AvgIpc) is 3.39. The molecule has 0 spiro atoms. The number of esters is 4. The summed E-state index contributed by atoms with van der Waals surface area (Å²) in [6.07, 6.45) is -0.353. The van der Waals surface area contributed by atoms with E-state index in [0.717, 1.165) is 21.0 Å². The van der Waals surface area contributed by atoms with Crippen molar-refractivity contribution in [3.63, 3.8) is 0 Å². The minimum atomic E-state index is -1.26. The summed E-state index contributed by atoms with van der Waals surface area (Å²) >= 11 is 8.14. The molecule has 0 N–H and O–H groups in total. The van der Waals surface area contributed by atoms with Crippen LogP contribution in [-0.4, -0.2) is 64.9 Å². The molecule has 3 heterocycles. The Kier molecular flexibility index (Phi) is 10.3. The third-order valence-electron chi connectivity index (χ3n) is 6.23. The van der Waals surface area contributed by atoms with Crippen molar-refractivity contribution >= 4 is 46.8 Å². The van der Waals surface area contributed by atoms with Crippen molar-refractivity contribution in [1.82, 2.24) is 9.97 Å². The van der Waals surface area contributed by atoms with Crippen molar-refractivity contribution in [2.24, 2.45) is 0 Å². The van der Waals surface area contributed by atoms with Gasteiger partial charge >= 0.3 is 23.9 Å². The first-order chi connectivity index (χ1) is 20.0. The quantitative estimate of drug-likeness (QED) is 0.252. The molecule has 11 nitrogen and oxygen atoms in total. The molecule has 0 radical (unpaired) electrons. The van der Waals surface area contributed by atoms with Crippen LogP contribution in [0.15, 0.2) is 48.9 Å². The summed E-state index contributed by atoms with van der Waals surface area (Å²) in [5, 5.41) is 0.499. The predicted molar refractivity (Wildman–Crippen MR) is 151 cm³/mol. The van der Waals surface area contributed by atoms with Crippen LogP contribution in [0.2, 0.25) is 5.02 Å². The Morgan fingerprint density at radius 2 is 1.57 bits per heavy atom. The number of halogens is 1. The van der Waals surface area contributed by atoms with Crippen LogP contribution < -0.4 is 0 Å². The van der Waals surface area contributed by atoms with Crippen LogP contribution in [-0.2, 0) is 49.3 Å². The number of ether oxygens (including phenoxy) is 5. The fraction of sp³-hybridized carbons (Fsp3) is 0.379. The molecule has 4 rings (SSSR count). The van der Waals surface area contributed by atoms with Crippen molar-refractivity contribution < 1.29 is 42.9 Å². The Morgan fingerprint density at radius 1 is 0.881 bits per heavy atom. The minimum Gasteiger partial charge on any atom is -0.463 e. The number of rotatable bonds is 9. The van der Waals surface area contributed by atoms with Gasteiger partial charge in [-0.3, -0.25) is 29.1 Å². The number of thiophene rings is 1. The molecule has 1 saturated heterocycles. The molecule has 5 atom stereocenters. The molecule has 1 aromatic carbocycles. The van der Waals surface area contributed by atoms with Crippen molar-refractivity contribution in [2.75, 3.05) is 6.61 Å². The van der Waals surface area contributed by atoms with E-state index in [0.29, 0.717) is 17.0 Å². The molecule has 13 heteroatoms. The van der Waals surface area contributed by atoms with Crippen LogP contribution in [0.5, 0.6) is 0 Å². The Hall–Kier alpha value is -3.87. The summed E-state index contributed by atoms with van der Waals surface area (Å²) in [4.78, 5) is 58.4. The van der Waals surface area contributed by atoms with E-state index in [9.17, 15) is 19.2 Å². The van der Waals surface area contributed by atoms with Crippen molar-refractivity contribution in [1.29, 1.82) is 0 Å². The van der Waals surface area contributed by atoms with E-state index in [1.807, 2.05) is 18.2 Å². The zero-order valence-corrected chi connectivity index (χ0v) is 24.8. The largest absolute Gasteiger partial charge is 0.463 e. The van der Waals surface area contributed by atoms with Gasteiger partial charge in [0.15, 0.2) is 18.3 Å². The van der Waals surface area contributed by atoms with E-state index in [1.54, 1.807) is 42.1 Å². The van der Waals surface area contributed by atoms with E-state index in [4.69, 9.17) is 35.3 Å². The predicted octanol–water partition coefficient (Wildman–Crippen LogP) is 4.25. The number of benzene rings is 1. The fourth-order valence-corrected chi connectivity index (χ4v) is 5.81. The number of aromatic nitrogens is 2. The molecule has 0 bridgehead atoms. The molecule has 0 saturated carbocycles. The molecule has 42 heavy (non-hydrogen) atoms. The van der Waals surface area contributed by atoms with Crippen LogP contribution in [0.1, 0.15) is 49.8 Å². The van der Waals surface area contributed by atoms with Crippen LogP contribution in [0.4, 0.5) is 0 Å². The molecule has 1 aliphatic heterocycles. The van der Waals surface area contributed by atoms with Gasteiger partial charge in [-0.05, 0) is 29.3 Å². The molecule has 2 aromatic heterocycles. The van der Waals surface area contributed by atoms with E-state index < -0.39 is 54.4 Å². The number of carbonyl (C=O) groups excluding carboxylic acids is 4. The highest BCUT2D eigenvalue weighted by Gasteiger charge is 2.52. The fourth-order valence-electron chi connectivity index (χ4n) is 4.63. The lowest BCUT2D eigenvalue weighted by Gasteiger charge is -2.44. The molecule has 0 amide bonds. The Bertz CT molecular complexity index is 1450. The lowest BCUT2D eigenvalue weighted by molar-refractivity contribution is -0.254. The Labute approximate surface area is 251 Å². The van der Waals surface area contributed by atoms with E-state index in [-0.39, 0.29) is 6.61 Å². The van der Waals surface area contributed by atoms with Gasteiger partial charge in [-0.2, -0.15) is 0 Å². The Morgan fingerprint density at radius 3 is 2.21 bits per heavy atom. The third-order valence-corrected chi connectivity index (χ3v) is 7.71. The van der Waals surface area contributed by atoms with Gasteiger partial charge in [-0.25, -0.2) is 0 Å². The molecule has 0 unspecified atom stereocenters. The topological polar surface area (TPSA) is 140 Å². The lowest BCUT2D eigenvalue weighted by atomic mass is 9.89. The normalized spacial score (nSPS) is 21.7. The molecule has 1 fully saturated rings. The first-order valence-corrected chi connectivity index (χ1v) is 14.1. The molecule has 222 valence electrons. The monoisotopic (exact) mass is 616 g/mol. The number of carbonyl (C=O) groups is 4. The first-order valence-electron chi connectivity index (χ1n) is 13.0. The first kappa shape index (κ1) is 31.1. The second kappa shape index (κ2) is 13.9. The number of hydrogen-bond donors (Lipinski definition) is 0. The van der Waals surface area contributed by atoms with Crippen LogP contribution in [0.3, 0.4) is 0 Å². The zero-order valence-electron chi connectivity index (χ0n) is 23.3. The van der Waals surface area contributed by atoms with Crippen LogP contribution in [0.25, 0.3) is 10.6 Å². The highest BCUT2D eigenvalue weighted by atomic mass is 35.5. The van der Waals surface area contributed by atoms with E-state index in [1.165, 1.54) is 27.7 Å². The molecule has 3 aromatic rings. The van der Waals surface area contributed by atoms with Gasteiger partial charge < -0.3 is 23.7 Å². The summed E-state index contributed by atoms with van der Waals surface area (Å²) < 4.78 is 28.1. The van der Waals surface area contributed by atoms with Crippen LogP contribution >= 0.6 is 22.9 Å². The van der Waals surface area contributed by atoms with Crippen LogP contribution in [0, 0.1) is 0 Å². The number of hydrogen-bond acceptors (Lipinski definition) is 12. The summed E-state index contributed by atoms with van der Waals surface area (Å²) in [6, 6.07) is 9.14. The van der Waals surface area contributed by atoms with Gasteiger partial charge in [0.2, 0.25) is 0 Å². The second-order valence-electron chi connectivity index (χ2n) is 9.50. The van der Waals surface area contributed by atoms with Gasteiger partial charge in [0.05, 0.1) is 16.8 Å². The summed E-state index contributed by atoms with van der Waals surface area (Å²) in [5.74, 6) is -2.66.